The Balaban J connectivity index is 3.75. The Morgan fingerprint density at radius 2 is 0.889 bits per heavy atom. The van der Waals surface area contributed by atoms with Gasteiger partial charge >= 0.3 is 0 Å². The second-order valence-electron chi connectivity index (χ2n) is 5.30. The highest BCUT2D eigenvalue weighted by atomic mass is 14.1. The summed E-state index contributed by atoms with van der Waals surface area (Å²) in [5.74, 6) is 0. The van der Waals surface area contributed by atoms with Crippen molar-refractivity contribution in [2.24, 2.45) is 0 Å². The van der Waals surface area contributed by atoms with Crippen LogP contribution in [0.4, 0.5) is 0 Å². The molecule has 0 radical (unpaired) electrons. The van der Waals surface area contributed by atoms with Crippen molar-refractivity contribution in [1.29, 1.82) is 0 Å². The van der Waals surface area contributed by atoms with Gasteiger partial charge in [-0.2, -0.15) is 0 Å². The van der Waals surface area contributed by atoms with Crippen LogP contribution in [0.3, 0.4) is 0 Å². The summed E-state index contributed by atoms with van der Waals surface area (Å²) in [5, 5.41) is 0.969. The number of hydrogen-bond donors (Lipinski definition) is 0. The molecule has 0 aliphatic carbocycles. The topological polar surface area (TPSA) is 0 Å². The Morgan fingerprint density at radius 1 is 0.667 bits per heavy atom. The second-order valence-corrected chi connectivity index (χ2v) is 5.30. The molecule has 0 aliphatic heterocycles. The van der Waals surface area contributed by atoms with Crippen molar-refractivity contribution in [2.75, 3.05) is 0 Å². The van der Waals surface area contributed by atoms with Gasteiger partial charge in [0.2, 0.25) is 0 Å². The predicted octanol–water partition coefficient (Wildman–Crippen LogP) is 2.86. The van der Waals surface area contributed by atoms with E-state index in [9.17, 15) is 0 Å². The van der Waals surface area contributed by atoms with Crippen molar-refractivity contribution in [3.63, 3.8) is 0 Å². The Morgan fingerprint density at radius 3 is 0.889 bits per heavy atom. The molecular weight excluding hydrogens is 107 g/mol. The fourth-order valence-electron chi connectivity index (χ4n) is 1.59. The highest BCUT2D eigenvalue weighted by Crippen LogP contribution is 2.33. The van der Waals surface area contributed by atoms with Gasteiger partial charge in [-0.05, 0) is 0 Å². The molecular formula is C8H19B. The average molecular weight is 126 g/mol. The summed E-state index contributed by atoms with van der Waals surface area (Å²) >= 11 is 0. The molecule has 0 saturated carbocycles. The smallest absolute Gasteiger partial charge is 0.0671 e. The molecule has 0 aromatic rings. The Bertz CT molecular complexity index is 69.7. The van der Waals surface area contributed by atoms with E-state index in [4.69, 9.17) is 0 Å². The molecule has 0 bridgehead atoms. The molecule has 0 fully saturated rings. The van der Waals surface area contributed by atoms with Gasteiger partial charge in [0, 0.05) is 0 Å². The molecule has 0 aromatic heterocycles. The Kier molecular flexibility index (Phi) is 2.38. The normalized spacial score (nSPS) is 13.6. The molecule has 54 valence electrons. The van der Waals surface area contributed by atoms with E-state index in [1.54, 1.807) is 0 Å². The summed E-state index contributed by atoms with van der Waals surface area (Å²) in [6.45, 7) is 13.7. The average Bonchev–Trinajstić information content (AvgIpc) is 1.14. The lowest BCUT2D eigenvalue weighted by molar-refractivity contribution is 0.668. The lowest BCUT2D eigenvalue weighted by Gasteiger charge is -2.26. The molecule has 0 heterocycles. The molecule has 9 heavy (non-hydrogen) atoms. The number of hydrogen-bond acceptors (Lipinski definition) is 0. The van der Waals surface area contributed by atoms with E-state index in [2.05, 4.69) is 41.5 Å². The predicted molar refractivity (Wildman–Crippen MR) is 46.6 cm³/mol. The van der Waals surface area contributed by atoms with Gasteiger partial charge in [0.25, 0.3) is 0 Å². The Labute approximate surface area is 60.3 Å². The van der Waals surface area contributed by atoms with Crippen LogP contribution in [-0.2, 0) is 0 Å². The minimum absolute atomic E-state index is 0.484. The van der Waals surface area contributed by atoms with Crippen LogP contribution in [0.25, 0.3) is 0 Å². The third kappa shape index (κ3) is 8.06. The van der Waals surface area contributed by atoms with Crippen molar-refractivity contribution in [2.45, 2.75) is 52.2 Å². The SMILES string of the molecule is CC(C)(C)BC(C)(C)C. The van der Waals surface area contributed by atoms with E-state index in [1.807, 2.05) is 0 Å². The zero-order valence-corrected chi connectivity index (χ0v) is 7.71. The fraction of sp³-hybridized carbons (Fsp3) is 1.00. The third-order valence-electron chi connectivity index (χ3n) is 1.06. The van der Waals surface area contributed by atoms with Gasteiger partial charge in [-0.3, -0.25) is 0 Å². The maximum atomic E-state index is 2.29. The summed E-state index contributed by atoms with van der Waals surface area (Å²) in [6.07, 6.45) is 0. The van der Waals surface area contributed by atoms with Crippen LogP contribution in [0.1, 0.15) is 41.5 Å². The van der Waals surface area contributed by atoms with E-state index in [0.717, 1.165) is 0 Å². The first-order valence-electron chi connectivity index (χ1n) is 3.71. The van der Waals surface area contributed by atoms with Crippen LogP contribution in [0, 0.1) is 0 Å². The highest BCUT2D eigenvalue weighted by molar-refractivity contribution is 6.43. The van der Waals surface area contributed by atoms with E-state index < -0.39 is 0 Å². The monoisotopic (exact) mass is 126 g/mol. The summed E-state index contributed by atoms with van der Waals surface area (Å²) in [6, 6.07) is 0. The zero-order valence-electron chi connectivity index (χ0n) is 7.71. The van der Waals surface area contributed by atoms with E-state index >= 15 is 0 Å². The fourth-order valence-corrected chi connectivity index (χ4v) is 1.59. The first-order valence-corrected chi connectivity index (χ1v) is 3.71. The molecule has 0 amide bonds. The van der Waals surface area contributed by atoms with E-state index in [-0.39, 0.29) is 0 Å². The molecule has 0 spiro atoms. The van der Waals surface area contributed by atoms with Crippen molar-refractivity contribution < 1.29 is 0 Å². The molecule has 0 saturated heterocycles. The second kappa shape index (κ2) is 2.36. The number of rotatable bonds is 0. The first kappa shape index (κ1) is 9.06. The molecule has 0 N–H and O–H groups in total. The minimum Gasteiger partial charge on any atom is -0.0671 e. The minimum atomic E-state index is 0.484. The van der Waals surface area contributed by atoms with Crippen molar-refractivity contribution in [1.82, 2.24) is 0 Å². The summed E-state index contributed by atoms with van der Waals surface area (Å²) in [4.78, 5) is 0. The first-order chi connectivity index (χ1) is 3.71. The largest absolute Gasteiger partial charge is 0.133 e. The third-order valence-corrected chi connectivity index (χ3v) is 1.06. The van der Waals surface area contributed by atoms with Gasteiger partial charge in [0.1, 0.15) is 7.28 Å². The maximum absolute atomic E-state index is 2.29. The van der Waals surface area contributed by atoms with Crippen LogP contribution in [0.2, 0.25) is 10.6 Å². The molecule has 0 nitrogen and oxygen atoms in total. The summed E-state index contributed by atoms with van der Waals surface area (Å²) in [5.41, 5.74) is 0. The van der Waals surface area contributed by atoms with Crippen molar-refractivity contribution in [3.05, 3.63) is 0 Å². The molecule has 1 heteroatoms. The molecule has 0 aliphatic rings. The van der Waals surface area contributed by atoms with Gasteiger partial charge in [-0.25, -0.2) is 0 Å². The summed E-state index contributed by atoms with van der Waals surface area (Å²) < 4.78 is 0. The van der Waals surface area contributed by atoms with Crippen LogP contribution >= 0.6 is 0 Å². The summed E-state index contributed by atoms with van der Waals surface area (Å²) in [7, 11) is 1.29. The van der Waals surface area contributed by atoms with Crippen LogP contribution in [-0.4, -0.2) is 7.28 Å². The lowest BCUT2D eigenvalue weighted by Crippen LogP contribution is -2.18. The van der Waals surface area contributed by atoms with Gasteiger partial charge in [0.05, 0.1) is 0 Å². The maximum Gasteiger partial charge on any atom is 0.133 e. The molecule has 0 atom stereocenters. The quantitative estimate of drug-likeness (QED) is 0.438. The zero-order chi connectivity index (χ0) is 7.71. The van der Waals surface area contributed by atoms with E-state index in [0.29, 0.717) is 10.6 Å². The van der Waals surface area contributed by atoms with Crippen LogP contribution < -0.4 is 0 Å². The van der Waals surface area contributed by atoms with Crippen LogP contribution in [0.5, 0.6) is 0 Å². The lowest BCUT2D eigenvalue weighted by atomic mass is 9.42. The van der Waals surface area contributed by atoms with Gasteiger partial charge < -0.3 is 0 Å². The molecule has 0 aromatic carbocycles. The Hall–Kier alpha value is 0.0649. The van der Waals surface area contributed by atoms with Crippen LogP contribution in [0.15, 0.2) is 0 Å². The van der Waals surface area contributed by atoms with Gasteiger partial charge in [-0.15, -0.1) is 0 Å². The van der Waals surface area contributed by atoms with Gasteiger partial charge in [-0.1, -0.05) is 52.2 Å². The van der Waals surface area contributed by atoms with E-state index in [1.165, 1.54) is 7.28 Å². The van der Waals surface area contributed by atoms with Crippen molar-refractivity contribution >= 4 is 7.28 Å². The molecule has 0 unspecified atom stereocenters. The molecule has 0 rings (SSSR count). The highest BCUT2D eigenvalue weighted by Gasteiger charge is 2.22. The standard InChI is InChI=1S/C8H19B/c1-7(2,3)9-8(4,5)6/h9H,1-6H3. The van der Waals surface area contributed by atoms with Gasteiger partial charge in [0.15, 0.2) is 0 Å². The van der Waals surface area contributed by atoms with Crippen molar-refractivity contribution in [3.8, 4) is 0 Å².